The number of hydrogen-bond donors (Lipinski definition) is 0. The lowest BCUT2D eigenvalue weighted by atomic mass is 10.0. The standard InChI is InChI=1S/C21H42/c1-3-5-7-9-11-13-15-17-19-21-20-18-16-14-12-10-8-6-4-2/h9,11H,3-8,10,12-21H2,1-2H3/b11-9-. The Kier molecular flexibility index (Phi) is 19.5. The molecule has 0 radical (unpaired) electrons. The van der Waals surface area contributed by atoms with E-state index in [4.69, 9.17) is 0 Å². The smallest absolute Gasteiger partial charge is 0.0351 e. The largest absolute Gasteiger partial charge is 0.0885 e. The molecule has 0 nitrogen and oxygen atoms in total. The first-order chi connectivity index (χ1) is 10.4. The first kappa shape index (κ1) is 20.7. The minimum Gasteiger partial charge on any atom is -0.0885 e. The predicted octanol–water partition coefficient (Wildman–Crippen LogP) is 8.21. The lowest BCUT2D eigenvalue weighted by molar-refractivity contribution is 0.540. The zero-order valence-electron chi connectivity index (χ0n) is 15.2. The van der Waals surface area contributed by atoms with Crippen molar-refractivity contribution >= 4 is 0 Å². The third kappa shape index (κ3) is 19.7. The molecule has 0 heteroatoms. The Bertz CT molecular complexity index is 192. The van der Waals surface area contributed by atoms with Crippen LogP contribution in [-0.4, -0.2) is 0 Å². The minimum absolute atomic E-state index is 1.29. The van der Waals surface area contributed by atoms with Gasteiger partial charge in [-0.25, -0.2) is 0 Å². The predicted molar refractivity (Wildman–Crippen MR) is 99.0 cm³/mol. The third-order valence-electron chi connectivity index (χ3n) is 4.37. The van der Waals surface area contributed by atoms with Crippen LogP contribution >= 0.6 is 0 Å². The molecule has 0 aromatic heterocycles. The molecule has 0 aromatic rings. The Hall–Kier alpha value is -0.260. The van der Waals surface area contributed by atoms with Crippen LogP contribution in [0.15, 0.2) is 12.2 Å². The summed E-state index contributed by atoms with van der Waals surface area (Å²) in [5, 5.41) is 0. The molecular weight excluding hydrogens is 252 g/mol. The van der Waals surface area contributed by atoms with Gasteiger partial charge < -0.3 is 0 Å². The molecule has 0 saturated heterocycles. The van der Waals surface area contributed by atoms with Crippen molar-refractivity contribution in [1.29, 1.82) is 0 Å². The van der Waals surface area contributed by atoms with Gasteiger partial charge in [-0.3, -0.25) is 0 Å². The highest BCUT2D eigenvalue weighted by Gasteiger charge is 1.93. The average Bonchev–Trinajstić information content (AvgIpc) is 2.50. The first-order valence-corrected chi connectivity index (χ1v) is 10.1. The second-order valence-corrected chi connectivity index (χ2v) is 6.64. The zero-order chi connectivity index (χ0) is 15.4. The summed E-state index contributed by atoms with van der Waals surface area (Å²) in [4.78, 5) is 0. The monoisotopic (exact) mass is 294 g/mol. The van der Waals surface area contributed by atoms with Crippen molar-refractivity contribution in [1.82, 2.24) is 0 Å². The van der Waals surface area contributed by atoms with Crippen LogP contribution in [0.2, 0.25) is 0 Å². The summed E-state index contributed by atoms with van der Waals surface area (Å²) < 4.78 is 0. The summed E-state index contributed by atoms with van der Waals surface area (Å²) in [5.41, 5.74) is 0. The summed E-state index contributed by atoms with van der Waals surface area (Å²) in [6, 6.07) is 0. The number of hydrogen-bond acceptors (Lipinski definition) is 0. The second-order valence-electron chi connectivity index (χ2n) is 6.64. The lowest BCUT2D eigenvalue weighted by Gasteiger charge is -2.02. The van der Waals surface area contributed by atoms with E-state index < -0.39 is 0 Å². The van der Waals surface area contributed by atoms with Gasteiger partial charge in [0.25, 0.3) is 0 Å². The number of rotatable bonds is 17. The summed E-state index contributed by atoms with van der Waals surface area (Å²) in [5.74, 6) is 0. The van der Waals surface area contributed by atoms with E-state index in [2.05, 4.69) is 26.0 Å². The highest BCUT2D eigenvalue weighted by Crippen LogP contribution is 2.13. The molecule has 126 valence electrons. The first-order valence-electron chi connectivity index (χ1n) is 10.1. The molecule has 0 aliphatic heterocycles. The quantitative estimate of drug-likeness (QED) is 0.187. The third-order valence-corrected chi connectivity index (χ3v) is 4.37. The van der Waals surface area contributed by atoms with Crippen LogP contribution < -0.4 is 0 Å². The van der Waals surface area contributed by atoms with Crippen molar-refractivity contribution in [2.75, 3.05) is 0 Å². The van der Waals surface area contributed by atoms with Crippen molar-refractivity contribution in [2.24, 2.45) is 0 Å². The molecule has 0 spiro atoms. The highest BCUT2D eigenvalue weighted by molar-refractivity contribution is 4.81. The molecule has 0 fully saturated rings. The molecule has 0 bridgehead atoms. The van der Waals surface area contributed by atoms with E-state index in [-0.39, 0.29) is 0 Å². The fraction of sp³-hybridized carbons (Fsp3) is 0.905. The zero-order valence-corrected chi connectivity index (χ0v) is 15.2. The van der Waals surface area contributed by atoms with E-state index >= 15 is 0 Å². The van der Waals surface area contributed by atoms with Gasteiger partial charge in [0.2, 0.25) is 0 Å². The maximum atomic E-state index is 2.40. The van der Waals surface area contributed by atoms with Crippen LogP contribution in [0.1, 0.15) is 123 Å². The summed E-state index contributed by atoms with van der Waals surface area (Å²) in [6.07, 6.45) is 28.9. The molecule has 0 N–H and O–H groups in total. The molecule has 0 rings (SSSR count). The van der Waals surface area contributed by atoms with Gasteiger partial charge in [-0.05, 0) is 19.3 Å². The Morgan fingerprint density at radius 3 is 1.14 bits per heavy atom. The lowest BCUT2D eigenvalue weighted by Crippen LogP contribution is -1.82. The summed E-state index contributed by atoms with van der Waals surface area (Å²) in [6.45, 7) is 4.56. The molecule has 0 aliphatic carbocycles. The van der Waals surface area contributed by atoms with Crippen molar-refractivity contribution in [2.45, 2.75) is 123 Å². The fourth-order valence-corrected chi connectivity index (χ4v) is 2.84. The van der Waals surface area contributed by atoms with E-state index in [9.17, 15) is 0 Å². The normalized spacial score (nSPS) is 11.5. The minimum atomic E-state index is 1.29. The van der Waals surface area contributed by atoms with E-state index in [0.29, 0.717) is 0 Å². The molecule has 0 unspecified atom stereocenters. The van der Waals surface area contributed by atoms with Crippen molar-refractivity contribution < 1.29 is 0 Å². The van der Waals surface area contributed by atoms with Gasteiger partial charge in [0.05, 0.1) is 0 Å². The second kappa shape index (κ2) is 19.7. The molecule has 0 aromatic carbocycles. The van der Waals surface area contributed by atoms with Gasteiger partial charge >= 0.3 is 0 Å². The maximum Gasteiger partial charge on any atom is -0.0351 e. The van der Waals surface area contributed by atoms with Crippen LogP contribution in [0.3, 0.4) is 0 Å². The van der Waals surface area contributed by atoms with Crippen LogP contribution in [0.25, 0.3) is 0 Å². The topological polar surface area (TPSA) is 0 Å². The van der Waals surface area contributed by atoms with Gasteiger partial charge in [-0.1, -0.05) is 116 Å². The van der Waals surface area contributed by atoms with Crippen molar-refractivity contribution in [3.05, 3.63) is 12.2 Å². The van der Waals surface area contributed by atoms with Gasteiger partial charge in [0, 0.05) is 0 Å². The Balaban J connectivity index is 2.98. The molecule has 0 amide bonds. The van der Waals surface area contributed by atoms with Crippen LogP contribution in [-0.2, 0) is 0 Å². The fourth-order valence-electron chi connectivity index (χ4n) is 2.84. The SMILES string of the molecule is CCCC/C=C\CCCCCCCCCCCCCCC. The van der Waals surface area contributed by atoms with Gasteiger partial charge in [0.1, 0.15) is 0 Å². The summed E-state index contributed by atoms with van der Waals surface area (Å²) >= 11 is 0. The van der Waals surface area contributed by atoms with Crippen LogP contribution in [0.4, 0.5) is 0 Å². The Morgan fingerprint density at radius 2 is 0.714 bits per heavy atom. The molecule has 0 saturated carbocycles. The van der Waals surface area contributed by atoms with E-state index in [1.54, 1.807) is 0 Å². The van der Waals surface area contributed by atoms with Crippen molar-refractivity contribution in [3.63, 3.8) is 0 Å². The van der Waals surface area contributed by atoms with E-state index in [1.807, 2.05) is 0 Å². The molecule has 0 aliphatic rings. The van der Waals surface area contributed by atoms with Gasteiger partial charge in [-0.15, -0.1) is 0 Å². The molecule has 0 atom stereocenters. The van der Waals surface area contributed by atoms with E-state index in [1.165, 1.54) is 109 Å². The van der Waals surface area contributed by atoms with E-state index in [0.717, 1.165) is 0 Å². The average molecular weight is 295 g/mol. The van der Waals surface area contributed by atoms with Crippen molar-refractivity contribution in [3.8, 4) is 0 Å². The maximum absolute atomic E-state index is 2.40. The molecular formula is C21H42. The van der Waals surface area contributed by atoms with Crippen LogP contribution in [0.5, 0.6) is 0 Å². The van der Waals surface area contributed by atoms with Gasteiger partial charge in [0.15, 0.2) is 0 Å². The highest BCUT2D eigenvalue weighted by atomic mass is 14.0. The summed E-state index contributed by atoms with van der Waals surface area (Å²) in [7, 11) is 0. The van der Waals surface area contributed by atoms with Gasteiger partial charge in [-0.2, -0.15) is 0 Å². The molecule has 0 heterocycles. The Morgan fingerprint density at radius 1 is 0.381 bits per heavy atom. The van der Waals surface area contributed by atoms with Crippen LogP contribution in [0, 0.1) is 0 Å². The Labute approximate surface area is 135 Å². The number of unbranched alkanes of at least 4 members (excludes halogenated alkanes) is 15. The number of allylic oxidation sites excluding steroid dienone is 2. The molecule has 21 heavy (non-hydrogen) atoms.